The van der Waals surface area contributed by atoms with Crippen LogP contribution in [0.15, 0.2) is 18.2 Å². The number of rotatable bonds is 5. The molecular weight excluding hydrogens is 238 g/mol. The third-order valence-electron chi connectivity index (χ3n) is 4.09. The highest BCUT2D eigenvalue weighted by molar-refractivity contribution is 5.33. The van der Waals surface area contributed by atoms with E-state index in [9.17, 15) is 5.11 Å². The lowest BCUT2D eigenvalue weighted by Crippen LogP contribution is -2.34. The first-order chi connectivity index (χ1) is 9.16. The number of aryl methyl sites for hydroxylation is 2. The van der Waals surface area contributed by atoms with Crippen LogP contribution in [0.5, 0.6) is 5.75 Å². The Morgan fingerprint density at radius 3 is 2.68 bits per heavy atom. The van der Waals surface area contributed by atoms with Gasteiger partial charge in [-0.3, -0.25) is 0 Å². The van der Waals surface area contributed by atoms with Gasteiger partial charge in [-0.1, -0.05) is 6.07 Å². The van der Waals surface area contributed by atoms with Crippen LogP contribution in [0.2, 0.25) is 0 Å². The molecule has 1 fully saturated rings. The van der Waals surface area contributed by atoms with Gasteiger partial charge in [0.05, 0.1) is 12.7 Å². The second kappa shape index (κ2) is 6.92. The number of hydrogen-bond donors (Lipinski definition) is 2. The fourth-order valence-electron chi connectivity index (χ4n) is 2.57. The average molecular weight is 263 g/mol. The van der Waals surface area contributed by atoms with Crippen molar-refractivity contribution >= 4 is 0 Å². The van der Waals surface area contributed by atoms with Crippen molar-refractivity contribution in [2.24, 2.45) is 5.92 Å². The number of hydrogen-bond acceptors (Lipinski definition) is 3. The number of aliphatic hydroxyl groups excluding tert-OH is 1. The summed E-state index contributed by atoms with van der Waals surface area (Å²) in [6, 6.07) is 6.14. The quantitative estimate of drug-likeness (QED) is 0.857. The fourth-order valence-corrected chi connectivity index (χ4v) is 2.57. The number of aliphatic hydroxyl groups is 1. The number of piperidine rings is 1. The third-order valence-corrected chi connectivity index (χ3v) is 4.09. The van der Waals surface area contributed by atoms with Gasteiger partial charge in [-0.25, -0.2) is 0 Å². The van der Waals surface area contributed by atoms with Crippen molar-refractivity contribution < 1.29 is 9.84 Å². The standard InChI is InChI=1S/C16H25NO2/c1-12-3-4-15(11-13(12)2)19-10-7-16(18)14-5-8-17-9-6-14/h3-4,11,14,16-18H,5-10H2,1-2H3. The Morgan fingerprint density at radius 2 is 2.00 bits per heavy atom. The van der Waals surface area contributed by atoms with Crippen LogP contribution in [0, 0.1) is 19.8 Å². The Bertz CT molecular complexity index is 400. The summed E-state index contributed by atoms with van der Waals surface area (Å²) in [5.74, 6) is 1.34. The summed E-state index contributed by atoms with van der Waals surface area (Å²) in [4.78, 5) is 0. The number of benzene rings is 1. The molecule has 2 N–H and O–H groups in total. The van der Waals surface area contributed by atoms with Gasteiger partial charge >= 0.3 is 0 Å². The molecular formula is C16H25NO2. The molecule has 0 saturated carbocycles. The van der Waals surface area contributed by atoms with Crippen molar-refractivity contribution in [1.82, 2.24) is 5.32 Å². The van der Waals surface area contributed by atoms with E-state index in [1.54, 1.807) is 0 Å². The molecule has 0 aromatic heterocycles. The molecule has 1 atom stereocenters. The average Bonchev–Trinajstić information content (AvgIpc) is 2.43. The van der Waals surface area contributed by atoms with Crippen LogP contribution in [0.1, 0.15) is 30.4 Å². The van der Waals surface area contributed by atoms with E-state index in [0.29, 0.717) is 12.5 Å². The number of ether oxygens (including phenoxy) is 1. The molecule has 1 saturated heterocycles. The highest BCUT2D eigenvalue weighted by atomic mass is 16.5. The van der Waals surface area contributed by atoms with Crippen LogP contribution in [0.25, 0.3) is 0 Å². The van der Waals surface area contributed by atoms with Gasteiger partial charge in [-0.15, -0.1) is 0 Å². The summed E-state index contributed by atoms with van der Waals surface area (Å²) in [7, 11) is 0. The first-order valence-corrected chi connectivity index (χ1v) is 7.25. The van der Waals surface area contributed by atoms with E-state index in [2.05, 4.69) is 31.3 Å². The largest absolute Gasteiger partial charge is 0.493 e. The molecule has 0 radical (unpaired) electrons. The van der Waals surface area contributed by atoms with E-state index in [0.717, 1.165) is 38.1 Å². The molecule has 2 rings (SSSR count). The maximum atomic E-state index is 10.1. The summed E-state index contributed by atoms with van der Waals surface area (Å²) >= 11 is 0. The topological polar surface area (TPSA) is 41.5 Å². The molecule has 0 amide bonds. The third kappa shape index (κ3) is 4.22. The Hall–Kier alpha value is -1.06. The van der Waals surface area contributed by atoms with Gasteiger partial charge in [-0.2, -0.15) is 0 Å². The minimum absolute atomic E-state index is 0.228. The predicted molar refractivity (Wildman–Crippen MR) is 77.6 cm³/mol. The smallest absolute Gasteiger partial charge is 0.119 e. The van der Waals surface area contributed by atoms with Gasteiger partial charge < -0.3 is 15.2 Å². The van der Waals surface area contributed by atoms with Crippen molar-refractivity contribution in [3.05, 3.63) is 29.3 Å². The molecule has 0 spiro atoms. The zero-order chi connectivity index (χ0) is 13.7. The monoisotopic (exact) mass is 263 g/mol. The van der Waals surface area contributed by atoms with Crippen molar-refractivity contribution in [1.29, 1.82) is 0 Å². The van der Waals surface area contributed by atoms with Gasteiger partial charge in [0.15, 0.2) is 0 Å². The first-order valence-electron chi connectivity index (χ1n) is 7.25. The van der Waals surface area contributed by atoms with E-state index in [1.165, 1.54) is 11.1 Å². The van der Waals surface area contributed by atoms with Gasteiger partial charge in [0.1, 0.15) is 5.75 Å². The Morgan fingerprint density at radius 1 is 1.26 bits per heavy atom. The summed E-state index contributed by atoms with van der Waals surface area (Å²) < 4.78 is 5.73. The van der Waals surface area contributed by atoms with Gasteiger partial charge in [0, 0.05) is 6.42 Å². The summed E-state index contributed by atoms with van der Waals surface area (Å²) in [5, 5.41) is 13.5. The van der Waals surface area contributed by atoms with Crippen LogP contribution in [0.3, 0.4) is 0 Å². The van der Waals surface area contributed by atoms with Crippen LogP contribution < -0.4 is 10.1 Å². The van der Waals surface area contributed by atoms with Crippen molar-refractivity contribution in [3.8, 4) is 5.75 Å². The second-order valence-corrected chi connectivity index (χ2v) is 5.54. The highest BCUT2D eigenvalue weighted by Gasteiger charge is 2.21. The first kappa shape index (κ1) is 14.4. The van der Waals surface area contributed by atoms with Crippen LogP contribution >= 0.6 is 0 Å². The number of nitrogens with one attached hydrogen (secondary N) is 1. The van der Waals surface area contributed by atoms with Crippen LogP contribution in [-0.4, -0.2) is 30.9 Å². The van der Waals surface area contributed by atoms with Crippen molar-refractivity contribution in [2.75, 3.05) is 19.7 Å². The van der Waals surface area contributed by atoms with E-state index in [-0.39, 0.29) is 6.10 Å². The minimum Gasteiger partial charge on any atom is -0.493 e. The lowest BCUT2D eigenvalue weighted by molar-refractivity contribution is 0.0674. The molecule has 0 bridgehead atoms. The maximum absolute atomic E-state index is 10.1. The molecule has 3 nitrogen and oxygen atoms in total. The zero-order valence-corrected chi connectivity index (χ0v) is 12.0. The van der Waals surface area contributed by atoms with E-state index in [4.69, 9.17) is 4.74 Å². The molecule has 0 aliphatic carbocycles. The molecule has 1 aromatic rings. The fraction of sp³-hybridized carbons (Fsp3) is 0.625. The SMILES string of the molecule is Cc1ccc(OCCC(O)C2CCNCC2)cc1C. The molecule has 1 aromatic carbocycles. The van der Waals surface area contributed by atoms with Gasteiger partial charge in [0.25, 0.3) is 0 Å². The lowest BCUT2D eigenvalue weighted by atomic mass is 9.91. The van der Waals surface area contributed by atoms with Crippen molar-refractivity contribution in [3.63, 3.8) is 0 Å². The Balaban J connectivity index is 1.74. The van der Waals surface area contributed by atoms with Crippen molar-refractivity contribution in [2.45, 2.75) is 39.2 Å². The highest BCUT2D eigenvalue weighted by Crippen LogP contribution is 2.20. The molecule has 1 aliphatic rings. The van der Waals surface area contributed by atoms with E-state index in [1.807, 2.05) is 6.07 Å². The predicted octanol–water partition coefficient (Wildman–Crippen LogP) is 2.43. The second-order valence-electron chi connectivity index (χ2n) is 5.54. The zero-order valence-electron chi connectivity index (χ0n) is 12.0. The van der Waals surface area contributed by atoms with Gasteiger partial charge in [0.2, 0.25) is 0 Å². The van der Waals surface area contributed by atoms with Gasteiger partial charge in [-0.05, 0) is 69.0 Å². The van der Waals surface area contributed by atoms with Crippen LogP contribution in [-0.2, 0) is 0 Å². The van der Waals surface area contributed by atoms with E-state index >= 15 is 0 Å². The Kier molecular flexibility index (Phi) is 5.23. The summed E-state index contributed by atoms with van der Waals surface area (Å²) in [5.41, 5.74) is 2.53. The van der Waals surface area contributed by atoms with E-state index < -0.39 is 0 Å². The molecule has 1 heterocycles. The molecule has 1 unspecified atom stereocenters. The summed E-state index contributed by atoms with van der Waals surface area (Å²) in [6.07, 6.45) is 2.64. The molecule has 3 heteroatoms. The lowest BCUT2D eigenvalue weighted by Gasteiger charge is -2.27. The molecule has 19 heavy (non-hydrogen) atoms. The summed E-state index contributed by atoms with van der Waals surface area (Å²) in [6.45, 7) is 6.83. The van der Waals surface area contributed by atoms with Crippen LogP contribution in [0.4, 0.5) is 0 Å². The molecule has 1 aliphatic heterocycles. The Labute approximate surface area is 116 Å². The normalized spacial score (nSPS) is 18.3. The minimum atomic E-state index is -0.228. The molecule has 106 valence electrons. The maximum Gasteiger partial charge on any atom is 0.119 e.